The maximum atomic E-state index is 13.1. The van der Waals surface area contributed by atoms with Crippen LogP contribution in [0.5, 0.6) is 0 Å². The maximum absolute atomic E-state index is 13.1. The van der Waals surface area contributed by atoms with Crippen molar-refractivity contribution in [1.29, 1.82) is 0 Å². The van der Waals surface area contributed by atoms with Crippen LogP contribution in [0.4, 0.5) is 0 Å². The Kier molecular flexibility index (Phi) is 8.44. The van der Waals surface area contributed by atoms with Gasteiger partial charge in [-0.3, -0.25) is 14.5 Å². The summed E-state index contributed by atoms with van der Waals surface area (Å²) in [5, 5.41) is 10.8. The number of aliphatic hydroxyl groups is 1. The maximum Gasteiger partial charge on any atom is 0.323 e. The zero-order chi connectivity index (χ0) is 22.5. The summed E-state index contributed by atoms with van der Waals surface area (Å²) in [6.07, 6.45) is 0.575. The van der Waals surface area contributed by atoms with Crippen molar-refractivity contribution in [2.24, 2.45) is 5.92 Å². The smallest absolute Gasteiger partial charge is 0.323 e. The molecule has 1 saturated heterocycles. The number of carbonyl (C=O) groups is 2. The molecule has 0 spiro atoms. The van der Waals surface area contributed by atoms with Gasteiger partial charge in [0.15, 0.2) is 0 Å². The van der Waals surface area contributed by atoms with E-state index in [-0.39, 0.29) is 18.1 Å². The quantitative estimate of drug-likeness (QED) is 0.648. The zero-order valence-corrected chi connectivity index (χ0v) is 19.1. The third kappa shape index (κ3) is 6.54. The van der Waals surface area contributed by atoms with E-state index in [1.54, 1.807) is 0 Å². The van der Waals surface area contributed by atoms with E-state index in [0.717, 1.165) is 5.56 Å². The van der Waals surface area contributed by atoms with Gasteiger partial charge in [0.1, 0.15) is 11.6 Å². The van der Waals surface area contributed by atoms with Crippen LogP contribution in [0.1, 0.15) is 66.4 Å². The summed E-state index contributed by atoms with van der Waals surface area (Å²) in [5.41, 5.74) is 0.391. The Balaban J connectivity index is 2.36. The Morgan fingerprint density at radius 1 is 1.17 bits per heavy atom. The molecule has 0 amide bonds. The lowest BCUT2D eigenvalue weighted by atomic mass is 9.90. The van der Waals surface area contributed by atoms with Crippen LogP contribution < -0.4 is 0 Å². The van der Waals surface area contributed by atoms with E-state index >= 15 is 0 Å². The van der Waals surface area contributed by atoms with E-state index in [0.29, 0.717) is 25.8 Å². The number of aliphatic hydroxyl groups excluding tert-OH is 1. The summed E-state index contributed by atoms with van der Waals surface area (Å²) in [5.74, 6) is -1.43. The largest absolute Gasteiger partial charge is 0.462 e. The number of nitrogens with zero attached hydrogens (tertiary/aromatic N) is 1. The van der Waals surface area contributed by atoms with E-state index in [1.165, 1.54) is 0 Å². The Morgan fingerprint density at radius 3 is 2.33 bits per heavy atom. The lowest BCUT2D eigenvalue weighted by molar-refractivity contribution is -0.169. The van der Waals surface area contributed by atoms with Gasteiger partial charge in [0, 0.05) is 12.6 Å². The molecule has 1 heterocycles. The molecular weight excluding hydrogens is 382 g/mol. The van der Waals surface area contributed by atoms with Crippen LogP contribution in [0.15, 0.2) is 30.3 Å². The number of ether oxygens (including phenoxy) is 2. The first-order chi connectivity index (χ1) is 14.0. The fourth-order valence-electron chi connectivity index (χ4n) is 4.06. The molecule has 1 aromatic carbocycles. The fraction of sp³-hybridized carbons (Fsp3) is 0.667. The minimum absolute atomic E-state index is 0.210. The minimum atomic E-state index is -0.844. The summed E-state index contributed by atoms with van der Waals surface area (Å²) < 4.78 is 11.2. The molecule has 0 aromatic heterocycles. The van der Waals surface area contributed by atoms with E-state index in [1.807, 2.05) is 76.8 Å². The highest BCUT2D eigenvalue weighted by Gasteiger charge is 2.47. The van der Waals surface area contributed by atoms with Crippen molar-refractivity contribution in [2.45, 2.75) is 97.2 Å². The second kappa shape index (κ2) is 10.4. The molecule has 0 saturated carbocycles. The molecule has 6 nitrogen and oxygen atoms in total. The monoisotopic (exact) mass is 419 g/mol. The highest BCUT2D eigenvalue weighted by molar-refractivity contribution is 5.78. The highest BCUT2D eigenvalue weighted by Crippen LogP contribution is 2.35. The Bertz CT molecular complexity index is 697. The van der Waals surface area contributed by atoms with Gasteiger partial charge in [-0.25, -0.2) is 0 Å². The summed E-state index contributed by atoms with van der Waals surface area (Å²) in [4.78, 5) is 27.9. The second-order valence-electron chi connectivity index (χ2n) is 9.34. The van der Waals surface area contributed by atoms with Crippen LogP contribution in [-0.4, -0.2) is 51.8 Å². The predicted octanol–water partition coefficient (Wildman–Crippen LogP) is 3.70. The van der Waals surface area contributed by atoms with E-state index in [4.69, 9.17) is 9.47 Å². The van der Waals surface area contributed by atoms with Crippen LogP contribution in [-0.2, 0) is 25.6 Å². The number of hydrogen-bond donors (Lipinski definition) is 1. The fourth-order valence-corrected chi connectivity index (χ4v) is 4.06. The summed E-state index contributed by atoms with van der Waals surface area (Å²) in [6.45, 7) is 11.5. The minimum Gasteiger partial charge on any atom is -0.462 e. The van der Waals surface area contributed by atoms with Crippen LogP contribution in [0, 0.1) is 5.92 Å². The molecule has 1 fully saturated rings. The molecular formula is C24H37NO5. The number of esters is 2. The number of likely N-dealkylation sites (tertiary alicyclic amines) is 1. The Labute approximate surface area is 180 Å². The molecule has 2 rings (SSSR count). The lowest BCUT2D eigenvalue weighted by Gasteiger charge is -2.36. The average Bonchev–Trinajstić information content (AvgIpc) is 3.03. The summed E-state index contributed by atoms with van der Waals surface area (Å²) in [6, 6.07) is 9.09. The number of carbonyl (C=O) groups excluding carboxylic acids is 2. The van der Waals surface area contributed by atoms with Gasteiger partial charge in [0.05, 0.1) is 18.1 Å². The van der Waals surface area contributed by atoms with Crippen molar-refractivity contribution >= 4 is 11.9 Å². The Morgan fingerprint density at radius 2 is 1.80 bits per heavy atom. The Hall–Kier alpha value is -1.92. The first kappa shape index (κ1) is 24.4. The van der Waals surface area contributed by atoms with Crippen molar-refractivity contribution in [1.82, 2.24) is 4.90 Å². The third-order valence-corrected chi connectivity index (χ3v) is 5.32. The molecule has 1 N–H and O–H groups in total. The van der Waals surface area contributed by atoms with Gasteiger partial charge < -0.3 is 14.6 Å². The highest BCUT2D eigenvalue weighted by atomic mass is 16.6. The van der Waals surface area contributed by atoms with Crippen molar-refractivity contribution in [3.63, 3.8) is 0 Å². The lowest BCUT2D eigenvalue weighted by Crippen LogP contribution is -2.50. The topological polar surface area (TPSA) is 76.1 Å². The van der Waals surface area contributed by atoms with Gasteiger partial charge in [-0.05, 0) is 59.4 Å². The van der Waals surface area contributed by atoms with Gasteiger partial charge in [0.2, 0.25) is 0 Å². The molecule has 1 aromatic rings. The molecule has 0 bridgehead atoms. The molecule has 0 aliphatic carbocycles. The van der Waals surface area contributed by atoms with E-state index < -0.39 is 29.6 Å². The van der Waals surface area contributed by atoms with Crippen LogP contribution in [0.25, 0.3) is 0 Å². The van der Waals surface area contributed by atoms with Crippen molar-refractivity contribution in [3.05, 3.63) is 35.9 Å². The zero-order valence-electron chi connectivity index (χ0n) is 19.1. The van der Waals surface area contributed by atoms with Crippen molar-refractivity contribution in [3.8, 4) is 0 Å². The van der Waals surface area contributed by atoms with Crippen LogP contribution in [0.2, 0.25) is 0 Å². The summed E-state index contributed by atoms with van der Waals surface area (Å²) >= 11 is 0. The molecule has 30 heavy (non-hydrogen) atoms. The number of benzene rings is 1. The molecule has 1 unspecified atom stereocenters. The first-order valence-electron chi connectivity index (χ1n) is 10.9. The number of rotatable bonds is 8. The summed E-state index contributed by atoms with van der Waals surface area (Å²) in [7, 11) is 0. The van der Waals surface area contributed by atoms with Gasteiger partial charge in [0.25, 0.3) is 0 Å². The SMILES string of the molecule is CCC(O)[C@@H](C(=O)OC(C)(C)C)[C@H]1CC[C@@H](C(=O)OC(C)C)N1Cc1ccccc1. The van der Waals surface area contributed by atoms with Gasteiger partial charge in [-0.15, -0.1) is 0 Å². The second-order valence-corrected chi connectivity index (χ2v) is 9.34. The van der Waals surface area contributed by atoms with Crippen molar-refractivity contribution in [2.75, 3.05) is 0 Å². The molecule has 168 valence electrons. The standard InChI is InChI=1S/C24H37NO5/c1-7-20(26)21(23(28)30-24(4,5)6)18-13-14-19(22(27)29-16(2)3)25(18)15-17-11-9-8-10-12-17/h8-12,16,18-21,26H,7,13-15H2,1-6H3/t18-,19+,20?,21+/m1/s1. The average molecular weight is 420 g/mol. The van der Waals surface area contributed by atoms with E-state index in [2.05, 4.69) is 0 Å². The van der Waals surface area contributed by atoms with Gasteiger partial charge >= 0.3 is 11.9 Å². The van der Waals surface area contributed by atoms with Crippen LogP contribution in [0.3, 0.4) is 0 Å². The predicted molar refractivity (Wildman–Crippen MR) is 116 cm³/mol. The third-order valence-electron chi connectivity index (χ3n) is 5.32. The number of hydrogen-bond acceptors (Lipinski definition) is 6. The molecule has 4 atom stereocenters. The molecule has 0 radical (unpaired) electrons. The first-order valence-corrected chi connectivity index (χ1v) is 10.9. The van der Waals surface area contributed by atoms with Gasteiger partial charge in [-0.1, -0.05) is 37.3 Å². The molecule has 1 aliphatic heterocycles. The van der Waals surface area contributed by atoms with Gasteiger partial charge in [-0.2, -0.15) is 0 Å². The molecule has 6 heteroatoms. The van der Waals surface area contributed by atoms with Crippen LogP contribution >= 0.6 is 0 Å². The molecule has 1 aliphatic rings. The normalized spacial score (nSPS) is 22.0. The van der Waals surface area contributed by atoms with Crippen molar-refractivity contribution < 1.29 is 24.2 Å². The van der Waals surface area contributed by atoms with E-state index in [9.17, 15) is 14.7 Å².